The summed E-state index contributed by atoms with van der Waals surface area (Å²) in [4.78, 5) is 0. The Bertz CT molecular complexity index is 113. The zero-order valence-corrected chi connectivity index (χ0v) is 8.73. The molecule has 12 heavy (non-hydrogen) atoms. The maximum absolute atomic E-state index is 5.72. The normalized spacial score (nSPS) is 20.2. The van der Waals surface area contributed by atoms with E-state index in [2.05, 4.69) is 13.8 Å². The van der Waals surface area contributed by atoms with Crippen molar-refractivity contribution in [2.24, 2.45) is 5.92 Å². The van der Waals surface area contributed by atoms with Gasteiger partial charge in [0.05, 0.1) is 5.60 Å². The van der Waals surface area contributed by atoms with Crippen molar-refractivity contribution in [2.75, 3.05) is 7.11 Å². The monoisotopic (exact) mass is 170 g/mol. The van der Waals surface area contributed by atoms with Crippen molar-refractivity contribution < 1.29 is 4.74 Å². The van der Waals surface area contributed by atoms with E-state index in [1.807, 2.05) is 7.11 Å². The molecular weight excluding hydrogens is 148 g/mol. The summed E-state index contributed by atoms with van der Waals surface area (Å²) in [6.45, 7) is 4.51. The van der Waals surface area contributed by atoms with E-state index in [0.717, 1.165) is 5.92 Å². The molecule has 0 N–H and O–H groups in total. The number of methoxy groups -OCH3 is 1. The third-order valence-corrected chi connectivity index (χ3v) is 3.70. The highest BCUT2D eigenvalue weighted by Gasteiger charge is 2.36. The summed E-state index contributed by atoms with van der Waals surface area (Å²) in [6.07, 6.45) is 7.94. The molecule has 1 aliphatic rings. The first-order valence-corrected chi connectivity index (χ1v) is 5.34. The van der Waals surface area contributed by atoms with Gasteiger partial charge < -0.3 is 4.74 Å². The van der Waals surface area contributed by atoms with Gasteiger partial charge in [0, 0.05) is 7.11 Å². The number of ether oxygens (including phenoxy) is 1. The lowest BCUT2D eigenvalue weighted by Crippen LogP contribution is -2.37. The lowest BCUT2D eigenvalue weighted by Gasteiger charge is -2.36. The average molecular weight is 170 g/mol. The van der Waals surface area contributed by atoms with Gasteiger partial charge in [0.15, 0.2) is 0 Å². The Morgan fingerprint density at radius 3 is 2.00 bits per heavy atom. The maximum Gasteiger partial charge on any atom is 0.0701 e. The first-order chi connectivity index (χ1) is 5.79. The summed E-state index contributed by atoms with van der Waals surface area (Å²) in [5.41, 5.74) is 0.205. The summed E-state index contributed by atoms with van der Waals surface area (Å²) >= 11 is 0. The van der Waals surface area contributed by atoms with Crippen LogP contribution >= 0.6 is 0 Å². The van der Waals surface area contributed by atoms with Crippen LogP contribution in [0.1, 0.15) is 52.4 Å². The molecule has 1 heteroatoms. The molecule has 0 aromatic rings. The van der Waals surface area contributed by atoms with Crippen LogP contribution in [0.2, 0.25) is 0 Å². The highest BCUT2D eigenvalue weighted by atomic mass is 16.5. The first kappa shape index (κ1) is 10.0. The van der Waals surface area contributed by atoms with E-state index in [1.54, 1.807) is 0 Å². The molecule has 0 aromatic carbocycles. The molecule has 0 amide bonds. The highest BCUT2D eigenvalue weighted by Crippen LogP contribution is 2.40. The lowest BCUT2D eigenvalue weighted by atomic mass is 9.81. The van der Waals surface area contributed by atoms with Crippen LogP contribution in [0.4, 0.5) is 0 Å². The van der Waals surface area contributed by atoms with E-state index in [0.29, 0.717) is 0 Å². The summed E-state index contributed by atoms with van der Waals surface area (Å²) in [7, 11) is 1.88. The minimum absolute atomic E-state index is 0.205. The zero-order valence-electron chi connectivity index (χ0n) is 8.73. The van der Waals surface area contributed by atoms with E-state index < -0.39 is 0 Å². The van der Waals surface area contributed by atoms with E-state index in [9.17, 15) is 0 Å². The third-order valence-electron chi connectivity index (χ3n) is 3.70. The minimum atomic E-state index is 0.205. The predicted octanol–water partition coefficient (Wildman–Crippen LogP) is 3.38. The molecule has 0 aliphatic heterocycles. The van der Waals surface area contributed by atoms with Crippen LogP contribution in [0.5, 0.6) is 0 Å². The highest BCUT2D eigenvalue weighted by molar-refractivity contribution is 4.88. The Kier molecular flexibility index (Phi) is 3.57. The molecule has 72 valence electrons. The Labute approximate surface area is 76.5 Å². The van der Waals surface area contributed by atoms with E-state index in [4.69, 9.17) is 4.74 Å². The molecule has 0 bridgehead atoms. The van der Waals surface area contributed by atoms with E-state index >= 15 is 0 Å². The number of hydrogen-bond donors (Lipinski definition) is 0. The van der Waals surface area contributed by atoms with E-state index in [-0.39, 0.29) is 5.60 Å². The molecule has 0 unspecified atom stereocenters. The lowest BCUT2D eigenvalue weighted by molar-refractivity contribution is -0.0627. The van der Waals surface area contributed by atoms with Crippen molar-refractivity contribution in [3.05, 3.63) is 0 Å². The maximum atomic E-state index is 5.72. The van der Waals surface area contributed by atoms with Crippen molar-refractivity contribution in [1.29, 1.82) is 0 Å². The number of rotatable bonds is 4. The Hall–Kier alpha value is -0.0400. The Morgan fingerprint density at radius 2 is 1.67 bits per heavy atom. The van der Waals surface area contributed by atoms with Crippen LogP contribution in [0, 0.1) is 5.92 Å². The zero-order chi connectivity index (χ0) is 9.03. The molecule has 1 saturated carbocycles. The van der Waals surface area contributed by atoms with Crippen molar-refractivity contribution in [1.82, 2.24) is 0 Å². The van der Waals surface area contributed by atoms with Crippen LogP contribution in [-0.2, 0) is 4.74 Å². The SMILES string of the molecule is CCC(CC)(OC)C1CCCC1. The molecule has 0 spiro atoms. The summed E-state index contributed by atoms with van der Waals surface area (Å²) in [6, 6.07) is 0. The third kappa shape index (κ3) is 1.66. The second-order valence-electron chi connectivity index (χ2n) is 3.96. The fourth-order valence-electron chi connectivity index (χ4n) is 2.73. The quantitative estimate of drug-likeness (QED) is 0.628. The molecule has 0 atom stereocenters. The molecule has 1 aliphatic carbocycles. The van der Waals surface area contributed by atoms with Gasteiger partial charge >= 0.3 is 0 Å². The molecule has 0 heterocycles. The standard InChI is InChI=1S/C11H22O/c1-4-11(5-2,12-3)10-8-6-7-9-10/h10H,4-9H2,1-3H3. The molecule has 1 fully saturated rings. The van der Waals surface area contributed by atoms with Crippen LogP contribution in [-0.4, -0.2) is 12.7 Å². The summed E-state index contributed by atoms with van der Waals surface area (Å²) < 4.78 is 5.72. The second-order valence-corrected chi connectivity index (χ2v) is 3.96. The summed E-state index contributed by atoms with van der Waals surface area (Å²) in [5, 5.41) is 0. The fraction of sp³-hybridized carbons (Fsp3) is 1.00. The van der Waals surface area contributed by atoms with Crippen molar-refractivity contribution in [2.45, 2.75) is 58.0 Å². The fourth-order valence-corrected chi connectivity index (χ4v) is 2.73. The predicted molar refractivity (Wildman–Crippen MR) is 52.3 cm³/mol. The van der Waals surface area contributed by atoms with Crippen molar-refractivity contribution in [3.63, 3.8) is 0 Å². The van der Waals surface area contributed by atoms with Gasteiger partial charge in [0.1, 0.15) is 0 Å². The Balaban J connectivity index is 2.61. The first-order valence-electron chi connectivity index (χ1n) is 5.34. The smallest absolute Gasteiger partial charge is 0.0701 e. The molecule has 0 saturated heterocycles. The summed E-state index contributed by atoms with van der Waals surface area (Å²) in [5.74, 6) is 0.831. The van der Waals surface area contributed by atoms with Gasteiger partial charge in [-0.1, -0.05) is 26.7 Å². The molecule has 1 nitrogen and oxygen atoms in total. The van der Waals surface area contributed by atoms with Gasteiger partial charge in [0.2, 0.25) is 0 Å². The van der Waals surface area contributed by atoms with Gasteiger partial charge in [-0.15, -0.1) is 0 Å². The van der Waals surface area contributed by atoms with E-state index in [1.165, 1.54) is 38.5 Å². The Morgan fingerprint density at radius 1 is 1.17 bits per heavy atom. The molecule has 0 aromatic heterocycles. The minimum Gasteiger partial charge on any atom is -0.378 e. The molecule has 1 rings (SSSR count). The van der Waals surface area contributed by atoms with Gasteiger partial charge in [-0.3, -0.25) is 0 Å². The second kappa shape index (κ2) is 4.27. The van der Waals surface area contributed by atoms with Gasteiger partial charge in [0.25, 0.3) is 0 Å². The largest absolute Gasteiger partial charge is 0.378 e. The average Bonchev–Trinajstić information content (AvgIpc) is 2.62. The topological polar surface area (TPSA) is 9.23 Å². The molecular formula is C11H22O. The van der Waals surface area contributed by atoms with Crippen molar-refractivity contribution >= 4 is 0 Å². The van der Waals surface area contributed by atoms with Crippen LogP contribution in [0.3, 0.4) is 0 Å². The van der Waals surface area contributed by atoms with Gasteiger partial charge in [-0.05, 0) is 31.6 Å². The molecule has 0 radical (unpaired) electrons. The van der Waals surface area contributed by atoms with Crippen LogP contribution < -0.4 is 0 Å². The van der Waals surface area contributed by atoms with Gasteiger partial charge in [-0.2, -0.15) is 0 Å². The van der Waals surface area contributed by atoms with Crippen LogP contribution in [0.25, 0.3) is 0 Å². The van der Waals surface area contributed by atoms with Crippen molar-refractivity contribution in [3.8, 4) is 0 Å². The van der Waals surface area contributed by atoms with Gasteiger partial charge in [-0.25, -0.2) is 0 Å². The van der Waals surface area contributed by atoms with Crippen LogP contribution in [0.15, 0.2) is 0 Å². The number of hydrogen-bond acceptors (Lipinski definition) is 1.